The minimum Gasteiger partial charge on any atom is -0.366 e. The van der Waals surface area contributed by atoms with Crippen LogP contribution in [0, 0.1) is 11.3 Å². The van der Waals surface area contributed by atoms with Crippen molar-refractivity contribution in [2.75, 3.05) is 25.5 Å². The SMILES string of the molecule is CN1CCCC(C#N)(Nc2ccccc2Br)CC1. The molecule has 0 spiro atoms. The van der Waals surface area contributed by atoms with Crippen LogP contribution in [-0.4, -0.2) is 30.6 Å². The minimum absolute atomic E-state index is 0.436. The monoisotopic (exact) mass is 307 g/mol. The van der Waals surface area contributed by atoms with E-state index in [4.69, 9.17) is 0 Å². The van der Waals surface area contributed by atoms with Gasteiger partial charge in [-0.15, -0.1) is 0 Å². The van der Waals surface area contributed by atoms with Crippen LogP contribution in [0.4, 0.5) is 5.69 Å². The van der Waals surface area contributed by atoms with E-state index in [9.17, 15) is 5.26 Å². The van der Waals surface area contributed by atoms with Gasteiger partial charge in [-0.25, -0.2) is 0 Å². The number of hydrogen-bond acceptors (Lipinski definition) is 3. The molecule has 1 N–H and O–H groups in total. The molecule has 3 nitrogen and oxygen atoms in total. The highest BCUT2D eigenvalue weighted by Gasteiger charge is 2.32. The molecule has 1 aliphatic heterocycles. The van der Waals surface area contributed by atoms with Crippen LogP contribution in [-0.2, 0) is 0 Å². The van der Waals surface area contributed by atoms with Crippen LogP contribution in [0.3, 0.4) is 0 Å². The number of nitrogens with one attached hydrogen (secondary N) is 1. The van der Waals surface area contributed by atoms with Crippen molar-refractivity contribution in [3.8, 4) is 6.07 Å². The van der Waals surface area contributed by atoms with Crippen molar-refractivity contribution in [2.24, 2.45) is 0 Å². The molecule has 0 aliphatic carbocycles. The maximum atomic E-state index is 9.56. The number of hydrogen-bond donors (Lipinski definition) is 1. The summed E-state index contributed by atoms with van der Waals surface area (Å²) in [5, 5.41) is 13.0. The molecule has 1 aliphatic rings. The average molecular weight is 308 g/mol. The maximum absolute atomic E-state index is 9.56. The van der Waals surface area contributed by atoms with E-state index in [1.165, 1.54) is 0 Å². The van der Waals surface area contributed by atoms with E-state index < -0.39 is 5.54 Å². The zero-order valence-electron chi connectivity index (χ0n) is 10.6. The zero-order chi connectivity index (χ0) is 13.0. The predicted octanol–water partition coefficient (Wildman–Crippen LogP) is 3.24. The van der Waals surface area contributed by atoms with Crippen molar-refractivity contribution >= 4 is 21.6 Å². The second kappa shape index (κ2) is 5.73. The summed E-state index contributed by atoms with van der Waals surface area (Å²) in [5.74, 6) is 0. The van der Waals surface area contributed by atoms with Crippen LogP contribution in [0.1, 0.15) is 19.3 Å². The van der Waals surface area contributed by atoms with Crippen molar-refractivity contribution in [1.82, 2.24) is 4.90 Å². The van der Waals surface area contributed by atoms with Gasteiger partial charge in [0.25, 0.3) is 0 Å². The number of nitrogens with zero attached hydrogens (tertiary/aromatic N) is 2. The van der Waals surface area contributed by atoms with E-state index in [-0.39, 0.29) is 0 Å². The van der Waals surface area contributed by atoms with Crippen molar-refractivity contribution in [3.63, 3.8) is 0 Å². The number of para-hydroxylation sites is 1. The minimum atomic E-state index is -0.436. The summed E-state index contributed by atoms with van der Waals surface area (Å²) in [6.45, 7) is 2.03. The molecule has 18 heavy (non-hydrogen) atoms. The van der Waals surface area contributed by atoms with Gasteiger partial charge < -0.3 is 10.2 Å². The van der Waals surface area contributed by atoms with Crippen LogP contribution >= 0.6 is 15.9 Å². The second-order valence-corrected chi connectivity index (χ2v) is 5.81. The molecule has 1 aromatic rings. The number of anilines is 1. The Kier molecular flexibility index (Phi) is 4.26. The highest BCUT2D eigenvalue weighted by molar-refractivity contribution is 9.10. The molecule has 0 amide bonds. The van der Waals surface area contributed by atoms with E-state index >= 15 is 0 Å². The van der Waals surface area contributed by atoms with E-state index in [0.717, 1.165) is 42.5 Å². The lowest BCUT2D eigenvalue weighted by molar-refractivity contribution is 0.345. The highest BCUT2D eigenvalue weighted by Crippen LogP contribution is 2.30. The van der Waals surface area contributed by atoms with E-state index in [1.807, 2.05) is 24.3 Å². The number of halogens is 1. The fraction of sp³-hybridized carbons (Fsp3) is 0.500. The molecular weight excluding hydrogens is 290 g/mol. The lowest BCUT2D eigenvalue weighted by atomic mass is 9.92. The molecule has 2 rings (SSSR count). The van der Waals surface area contributed by atoms with Crippen LogP contribution in [0.15, 0.2) is 28.7 Å². The van der Waals surface area contributed by atoms with Gasteiger partial charge in [0.1, 0.15) is 5.54 Å². The zero-order valence-corrected chi connectivity index (χ0v) is 12.2. The smallest absolute Gasteiger partial charge is 0.126 e. The quantitative estimate of drug-likeness (QED) is 0.911. The molecule has 1 heterocycles. The number of benzene rings is 1. The topological polar surface area (TPSA) is 39.1 Å². The standard InChI is InChI=1S/C14H18BrN3/c1-18-9-4-7-14(11-16,8-10-18)17-13-6-3-2-5-12(13)15/h2-3,5-6,17H,4,7-10H2,1H3. The van der Waals surface area contributed by atoms with Gasteiger partial charge in [-0.3, -0.25) is 0 Å². The summed E-state index contributed by atoms with van der Waals surface area (Å²) in [5.41, 5.74) is 0.567. The fourth-order valence-corrected chi connectivity index (χ4v) is 2.74. The molecule has 0 aromatic heterocycles. The molecule has 0 saturated carbocycles. The van der Waals surface area contributed by atoms with Gasteiger partial charge in [-0.05, 0) is 60.9 Å². The highest BCUT2D eigenvalue weighted by atomic mass is 79.9. The first-order chi connectivity index (χ1) is 8.65. The third kappa shape index (κ3) is 3.04. The van der Waals surface area contributed by atoms with Crippen molar-refractivity contribution in [2.45, 2.75) is 24.8 Å². The molecule has 1 fully saturated rings. The molecule has 1 unspecified atom stereocenters. The third-order valence-electron chi connectivity index (χ3n) is 3.53. The first-order valence-electron chi connectivity index (χ1n) is 6.28. The van der Waals surface area contributed by atoms with E-state index in [0.29, 0.717) is 0 Å². The summed E-state index contributed by atoms with van der Waals surface area (Å²) in [6.07, 6.45) is 2.82. The first-order valence-corrected chi connectivity index (χ1v) is 7.07. The average Bonchev–Trinajstić information content (AvgIpc) is 2.56. The van der Waals surface area contributed by atoms with Crippen LogP contribution in [0.2, 0.25) is 0 Å². The Bertz CT molecular complexity index is 455. The summed E-state index contributed by atoms with van der Waals surface area (Å²) in [4.78, 5) is 2.29. The van der Waals surface area contributed by atoms with Gasteiger partial charge >= 0.3 is 0 Å². The van der Waals surface area contributed by atoms with Gasteiger partial charge in [0.05, 0.1) is 6.07 Å². The Morgan fingerprint density at radius 1 is 1.33 bits per heavy atom. The van der Waals surface area contributed by atoms with Crippen LogP contribution < -0.4 is 5.32 Å². The molecule has 1 aromatic carbocycles. The molecular formula is C14H18BrN3. The Balaban J connectivity index is 2.18. The van der Waals surface area contributed by atoms with Gasteiger partial charge in [0, 0.05) is 16.7 Å². The van der Waals surface area contributed by atoms with Gasteiger partial charge in [0.15, 0.2) is 0 Å². The second-order valence-electron chi connectivity index (χ2n) is 4.96. The number of likely N-dealkylation sites (tertiary alicyclic amines) is 1. The molecule has 0 bridgehead atoms. The largest absolute Gasteiger partial charge is 0.366 e. The molecule has 0 radical (unpaired) electrons. The Morgan fingerprint density at radius 2 is 2.11 bits per heavy atom. The van der Waals surface area contributed by atoms with Crippen LogP contribution in [0.5, 0.6) is 0 Å². The van der Waals surface area contributed by atoms with E-state index in [1.54, 1.807) is 0 Å². The summed E-state index contributed by atoms with van der Waals surface area (Å²) < 4.78 is 1.01. The Hall–Kier alpha value is -1.05. The van der Waals surface area contributed by atoms with Gasteiger partial charge in [-0.2, -0.15) is 5.26 Å². The lowest BCUT2D eigenvalue weighted by Gasteiger charge is -2.28. The third-order valence-corrected chi connectivity index (χ3v) is 4.22. The van der Waals surface area contributed by atoms with Crippen molar-refractivity contribution in [3.05, 3.63) is 28.7 Å². The van der Waals surface area contributed by atoms with Crippen LogP contribution in [0.25, 0.3) is 0 Å². The lowest BCUT2D eigenvalue weighted by Crippen LogP contribution is -2.37. The van der Waals surface area contributed by atoms with E-state index in [2.05, 4.69) is 39.3 Å². The molecule has 4 heteroatoms. The van der Waals surface area contributed by atoms with Gasteiger partial charge in [0.2, 0.25) is 0 Å². The van der Waals surface area contributed by atoms with Gasteiger partial charge in [-0.1, -0.05) is 12.1 Å². The Morgan fingerprint density at radius 3 is 2.83 bits per heavy atom. The molecule has 1 saturated heterocycles. The summed E-state index contributed by atoms with van der Waals surface area (Å²) in [7, 11) is 2.12. The molecule has 96 valence electrons. The first kappa shape index (κ1) is 13.4. The van der Waals surface area contributed by atoms with Crippen molar-refractivity contribution in [1.29, 1.82) is 5.26 Å². The summed E-state index contributed by atoms with van der Waals surface area (Å²) >= 11 is 3.53. The predicted molar refractivity (Wildman–Crippen MR) is 77.5 cm³/mol. The normalized spacial score (nSPS) is 25.2. The fourth-order valence-electron chi connectivity index (χ4n) is 2.35. The number of nitriles is 1. The molecule has 1 atom stereocenters. The maximum Gasteiger partial charge on any atom is 0.126 e. The summed E-state index contributed by atoms with van der Waals surface area (Å²) in [6, 6.07) is 10.5. The van der Waals surface area contributed by atoms with Crippen molar-refractivity contribution < 1.29 is 0 Å². The number of rotatable bonds is 2. The Labute approximate surface area is 117 Å².